The van der Waals surface area contributed by atoms with Gasteiger partial charge in [-0.15, -0.1) is 0 Å². The van der Waals surface area contributed by atoms with E-state index in [9.17, 15) is 8.42 Å². The lowest BCUT2D eigenvalue weighted by molar-refractivity contribution is 0.501. The first-order chi connectivity index (χ1) is 9.05. The van der Waals surface area contributed by atoms with Crippen molar-refractivity contribution in [2.24, 2.45) is 11.1 Å². The van der Waals surface area contributed by atoms with Crippen LogP contribution in [0.2, 0.25) is 0 Å². The molecule has 1 aromatic rings. The Morgan fingerprint density at radius 1 is 1.21 bits per heavy atom. The van der Waals surface area contributed by atoms with Crippen LogP contribution in [0, 0.1) is 5.41 Å². The number of rotatable bonds is 5. The number of nitrogens with two attached hydrogens (primary N) is 1. The molecule has 0 saturated heterocycles. The van der Waals surface area contributed by atoms with Crippen LogP contribution in [-0.2, 0) is 22.9 Å². The maximum absolute atomic E-state index is 12.3. The molecule has 3 N–H and O–H groups in total. The fourth-order valence-electron chi connectivity index (χ4n) is 2.68. The van der Waals surface area contributed by atoms with Gasteiger partial charge in [0.1, 0.15) is 0 Å². The molecule has 0 unspecified atom stereocenters. The Hall–Kier alpha value is -0.910. The van der Waals surface area contributed by atoms with Crippen molar-refractivity contribution in [2.75, 3.05) is 13.1 Å². The lowest BCUT2D eigenvalue weighted by Gasteiger charge is -2.14. The molecule has 0 spiro atoms. The second-order valence-electron chi connectivity index (χ2n) is 5.81. The Labute approximate surface area is 114 Å². The van der Waals surface area contributed by atoms with E-state index in [1.54, 1.807) is 6.07 Å². The number of nitrogens with one attached hydrogen (secondary N) is 1. The van der Waals surface area contributed by atoms with Gasteiger partial charge in [-0.25, -0.2) is 13.1 Å². The first-order valence-corrected chi connectivity index (χ1v) is 8.35. The molecular formula is C14H20N2O2S. The standard InChI is InChI=1S/C14H20N2O2S/c15-9-14(6-7-14)10-16-19(17,18)13-5-4-11-2-1-3-12(11)8-13/h4-5,8,16H,1-3,6-7,9-10,15H2. The van der Waals surface area contributed by atoms with Crippen LogP contribution < -0.4 is 10.5 Å². The Morgan fingerprint density at radius 2 is 1.95 bits per heavy atom. The van der Waals surface area contributed by atoms with Gasteiger partial charge >= 0.3 is 0 Å². The van der Waals surface area contributed by atoms with Crippen molar-refractivity contribution >= 4 is 10.0 Å². The van der Waals surface area contributed by atoms with Crippen molar-refractivity contribution in [3.63, 3.8) is 0 Å². The summed E-state index contributed by atoms with van der Waals surface area (Å²) in [4.78, 5) is 0.390. The summed E-state index contributed by atoms with van der Waals surface area (Å²) in [5.41, 5.74) is 8.17. The summed E-state index contributed by atoms with van der Waals surface area (Å²) < 4.78 is 27.3. The first-order valence-electron chi connectivity index (χ1n) is 6.86. The largest absolute Gasteiger partial charge is 0.330 e. The molecule has 19 heavy (non-hydrogen) atoms. The van der Waals surface area contributed by atoms with Crippen LogP contribution in [0.1, 0.15) is 30.4 Å². The minimum absolute atomic E-state index is 0.0177. The summed E-state index contributed by atoms with van der Waals surface area (Å²) in [5.74, 6) is 0. The third-order valence-corrected chi connectivity index (χ3v) is 5.81. The summed E-state index contributed by atoms with van der Waals surface area (Å²) in [6, 6.07) is 5.49. The van der Waals surface area contributed by atoms with Crippen LogP contribution in [0.5, 0.6) is 0 Å². The summed E-state index contributed by atoms with van der Waals surface area (Å²) in [5, 5.41) is 0. The van der Waals surface area contributed by atoms with Crippen molar-refractivity contribution < 1.29 is 8.42 Å². The zero-order valence-electron chi connectivity index (χ0n) is 11.0. The van der Waals surface area contributed by atoms with Gasteiger partial charge in [0, 0.05) is 6.54 Å². The van der Waals surface area contributed by atoms with Gasteiger partial charge in [-0.1, -0.05) is 6.07 Å². The highest BCUT2D eigenvalue weighted by atomic mass is 32.2. The van der Waals surface area contributed by atoms with E-state index in [1.807, 2.05) is 12.1 Å². The highest BCUT2D eigenvalue weighted by Gasteiger charge is 2.41. The van der Waals surface area contributed by atoms with Crippen molar-refractivity contribution in [3.8, 4) is 0 Å². The third-order valence-electron chi connectivity index (χ3n) is 4.41. The average Bonchev–Trinajstić information content (AvgIpc) is 3.05. The van der Waals surface area contributed by atoms with Crippen LogP contribution >= 0.6 is 0 Å². The van der Waals surface area contributed by atoms with Crippen LogP contribution in [0.25, 0.3) is 0 Å². The van der Waals surface area contributed by atoms with Crippen LogP contribution in [0.4, 0.5) is 0 Å². The van der Waals surface area contributed by atoms with Crippen molar-refractivity contribution in [1.82, 2.24) is 4.72 Å². The summed E-state index contributed by atoms with van der Waals surface area (Å²) >= 11 is 0. The predicted molar refractivity (Wildman–Crippen MR) is 74.4 cm³/mol. The Bertz CT molecular complexity index is 591. The maximum Gasteiger partial charge on any atom is 0.240 e. The molecule has 1 fully saturated rings. The van der Waals surface area contributed by atoms with Crippen molar-refractivity contribution in [2.45, 2.75) is 37.0 Å². The Kier molecular flexibility index (Phi) is 3.15. The zero-order valence-corrected chi connectivity index (χ0v) is 11.8. The van der Waals surface area contributed by atoms with Gasteiger partial charge < -0.3 is 5.73 Å². The van der Waals surface area contributed by atoms with E-state index in [4.69, 9.17) is 5.73 Å². The van der Waals surface area contributed by atoms with E-state index >= 15 is 0 Å². The quantitative estimate of drug-likeness (QED) is 0.851. The second kappa shape index (κ2) is 4.58. The molecule has 4 nitrogen and oxygen atoms in total. The number of sulfonamides is 1. The number of hydrogen-bond acceptors (Lipinski definition) is 3. The predicted octanol–water partition coefficient (Wildman–Crippen LogP) is 1.19. The lowest BCUT2D eigenvalue weighted by Crippen LogP contribution is -2.33. The van der Waals surface area contributed by atoms with E-state index < -0.39 is 10.0 Å². The minimum atomic E-state index is -3.39. The SMILES string of the molecule is NCC1(CNS(=O)(=O)c2ccc3c(c2)CCC3)CC1. The first kappa shape index (κ1) is 13.1. The van der Waals surface area contributed by atoms with E-state index in [-0.39, 0.29) is 5.41 Å². The van der Waals surface area contributed by atoms with Crippen LogP contribution in [-0.4, -0.2) is 21.5 Å². The molecule has 1 aromatic carbocycles. The number of benzene rings is 1. The maximum atomic E-state index is 12.3. The molecule has 3 rings (SSSR count). The van der Waals surface area contributed by atoms with Gasteiger partial charge in [0.25, 0.3) is 0 Å². The smallest absolute Gasteiger partial charge is 0.240 e. The Balaban J connectivity index is 1.76. The average molecular weight is 280 g/mol. The molecule has 0 amide bonds. The highest BCUT2D eigenvalue weighted by molar-refractivity contribution is 7.89. The van der Waals surface area contributed by atoms with E-state index in [2.05, 4.69) is 4.72 Å². The fraction of sp³-hybridized carbons (Fsp3) is 0.571. The lowest BCUT2D eigenvalue weighted by atomic mass is 10.1. The molecule has 5 heteroatoms. The summed E-state index contributed by atoms with van der Waals surface area (Å²) in [6.07, 6.45) is 5.24. The number of fused-ring (bicyclic) bond motifs is 1. The molecule has 2 aliphatic rings. The molecular weight excluding hydrogens is 260 g/mol. The van der Waals surface area contributed by atoms with Crippen molar-refractivity contribution in [3.05, 3.63) is 29.3 Å². The molecule has 0 aliphatic heterocycles. The molecule has 104 valence electrons. The topological polar surface area (TPSA) is 72.2 Å². The normalized spacial score (nSPS) is 20.3. The molecule has 0 bridgehead atoms. The Morgan fingerprint density at radius 3 is 2.63 bits per heavy atom. The van der Waals surface area contributed by atoms with Gasteiger partial charge in [-0.2, -0.15) is 0 Å². The molecule has 0 heterocycles. The molecule has 1 saturated carbocycles. The van der Waals surface area contributed by atoms with Crippen molar-refractivity contribution in [1.29, 1.82) is 0 Å². The van der Waals surface area contributed by atoms with Gasteiger partial charge in [0.2, 0.25) is 10.0 Å². The monoisotopic (exact) mass is 280 g/mol. The van der Waals surface area contributed by atoms with E-state index in [0.717, 1.165) is 32.1 Å². The summed E-state index contributed by atoms with van der Waals surface area (Å²) in [6.45, 7) is 1.02. The van der Waals surface area contributed by atoms with Crippen LogP contribution in [0.15, 0.2) is 23.1 Å². The number of hydrogen-bond donors (Lipinski definition) is 2. The van der Waals surface area contributed by atoms with Gasteiger partial charge in [0.05, 0.1) is 4.90 Å². The molecule has 0 aromatic heterocycles. The molecule has 2 aliphatic carbocycles. The second-order valence-corrected chi connectivity index (χ2v) is 7.58. The van der Waals surface area contributed by atoms with E-state index in [0.29, 0.717) is 18.0 Å². The molecule has 0 atom stereocenters. The van der Waals surface area contributed by atoms with Gasteiger partial charge in [-0.05, 0) is 67.3 Å². The fourth-order valence-corrected chi connectivity index (χ4v) is 3.88. The number of aryl methyl sites for hydroxylation is 2. The minimum Gasteiger partial charge on any atom is -0.330 e. The zero-order chi connectivity index (χ0) is 13.5. The van der Waals surface area contributed by atoms with Gasteiger partial charge in [0.15, 0.2) is 0 Å². The van der Waals surface area contributed by atoms with Gasteiger partial charge in [-0.3, -0.25) is 0 Å². The van der Waals surface area contributed by atoms with Crippen LogP contribution in [0.3, 0.4) is 0 Å². The third kappa shape index (κ3) is 2.55. The molecule has 0 radical (unpaired) electrons. The highest BCUT2D eigenvalue weighted by Crippen LogP contribution is 2.43. The van der Waals surface area contributed by atoms with E-state index in [1.165, 1.54) is 11.1 Å². The summed E-state index contributed by atoms with van der Waals surface area (Å²) in [7, 11) is -3.39.